The number of likely N-dealkylation sites (N-methyl/N-ethyl adjacent to an activating group) is 1. The van der Waals surface area contributed by atoms with Gasteiger partial charge in [-0.3, -0.25) is 14.3 Å². The Kier molecular flexibility index (Phi) is 6.21. The van der Waals surface area contributed by atoms with Gasteiger partial charge in [0.15, 0.2) is 11.5 Å². The SMILES string of the molecule is CCN(CC(=O)Nc1ccc2c(c1)OCCO2)C(=O)/C=C/c1c(C)nn(C)c1C. The predicted octanol–water partition coefficient (Wildman–Crippen LogP) is 2.31. The number of hydrogen-bond donors (Lipinski definition) is 1. The van der Waals surface area contributed by atoms with Crippen LogP contribution in [0.1, 0.15) is 23.9 Å². The van der Waals surface area contributed by atoms with Crippen molar-refractivity contribution in [3.8, 4) is 11.5 Å². The zero-order chi connectivity index (χ0) is 21.0. The highest BCUT2D eigenvalue weighted by molar-refractivity contribution is 5.98. The number of fused-ring (bicyclic) bond motifs is 1. The van der Waals surface area contributed by atoms with Gasteiger partial charge in [0.25, 0.3) is 0 Å². The van der Waals surface area contributed by atoms with Crippen LogP contribution in [0.3, 0.4) is 0 Å². The highest BCUT2D eigenvalue weighted by Crippen LogP contribution is 2.32. The number of carbonyl (C=O) groups excluding carboxylic acids is 2. The molecule has 0 saturated carbocycles. The van der Waals surface area contributed by atoms with Crippen LogP contribution in [0.2, 0.25) is 0 Å². The highest BCUT2D eigenvalue weighted by Gasteiger charge is 2.16. The number of nitrogens with one attached hydrogen (secondary N) is 1. The van der Waals surface area contributed by atoms with E-state index >= 15 is 0 Å². The second-order valence-electron chi connectivity index (χ2n) is 6.80. The molecule has 1 N–H and O–H groups in total. The maximum Gasteiger partial charge on any atom is 0.247 e. The molecule has 2 heterocycles. The summed E-state index contributed by atoms with van der Waals surface area (Å²) in [5.41, 5.74) is 3.34. The van der Waals surface area contributed by atoms with E-state index in [1.807, 2.05) is 27.8 Å². The van der Waals surface area contributed by atoms with E-state index in [2.05, 4.69) is 10.4 Å². The molecule has 2 amide bonds. The molecule has 2 aromatic rings. The minimum absolute atomic E-state index is 0.0425. The normalized spacial score (nSPS) is 12.8. The summed E-state index contributed by atoms with van der Waals surface area (Å²) in [5.74, 6) is 0.750. The van der Waals surface area contributed by atoms with Gasteiger partial charge in [0.05, 0.1) is 5.69 Å². The van der Waals surface area contributed by atoms with Crippen LogP contribution in [0.5, 0.6) is 11.5 Å². The number of aryl methyl sites for hydroxylation is 2. The Morgan fingerprint density at radius 2 is 1.97 bits per heavy atom. The van der Waals surface area contributed by atoms with Gasteiger partial charge in [0, 0.05) is 42.7 Å². The fourth-order valence-corrected chi connectivity index (χ4v) is 3.13. The van der Waals surface area contributed by atoms with Crippen molar-refractivity contribution < 1.29 is 19.1 Å². The van der Waals surface area contributed by atoms with Gasteiger partial charge in [-0.2, -0.15) is 5.10 Å². The molecule has 0 radical (unpaired) electrons. The van der Waals surface area contributed by atoms with Crippen molar-refractivity contribution in [1.29, 1.82) is 0 Å². The van der Waals surface area contributed by atoms with E-state index in [0.29, 0.717) is 36.9 Å². The Morgan fingerprint density at radius 3 is 2.62 bits per heavy atom. The number of carbonyl (C=O) groups is 2. The Balaban J connectivity index is 1.62. The van der Waals surface area contributed by atoms with Crippen molar-refractivity contribution in [2.45, 2.75) is 20.8 Å². The summed E-state index contributed by atoms with van der Waals surface area (Å²) in [4.78, 5) is 26.5. The third-order valence-electron chi connectivity index (χ3n) is 4.81. The summed E-state index contributed by atoms with van der Waals surface area (Å²) in [6, 6.07) is 5.23. The average molecular weight is 398 g/mol. The zero-order valence-corrected chi connectivity index (χ0v) is 17.2. The summed E-state index contributed by atoms with van der Waals surface area (Å²) in [6.45, 7) is 7.05. The summed E-state index contributed by atoms with van der Waals surface area (Å²) >= 11 is 0. The quantitative estimate of drug-likeness (QED) is 0.755. The van der Waals surface area contributed by atoms with Gasteiger partial charge in [-0.15, -0.1) is 0 Å². The highest BCUT2D eigenvalue weighted by atomic mass is 16.6. The number of hydrogen-bond acceptors (Lipinski definition) is 5. The van der Waals surface area contributed by atoms with E-state index in [4.69, 9.17) is 9.47 Å². The minimum atomic E-state index is -0.279. The molecule has 8 nitrogen and oxygen atoms in total. The van der Waals surface area contributed by atoms with Gasteiger partial charge in [-0.1, -0.05) is 0 Å². The van der Waals surface area contributed by atoms with E-state index in [0.717, 1.165) is 17.0 Å². The van der Waals surface area contributed by atoms with Gasteiger partial charge < -0.3 is 19.7 Å². The van der Waals surface area contributed by atoms with Crippen molar-refractivity contribution >= 4 is 23.6 Å². The molecule has 29 heavy (non-hydrogen) atoms. The molecule has 8 heteroatoms. The summed E-state index contributed by atoms with van der Waals surface area (Å²) < 4.78 is 12.8. The van der Waals surface area contributed by atoms with E-state index in [1.165, 1.54) is 11.0 Å². The molecular formula is C21H26N4O4. The van der Waals surface area contributed by atoms with Crippen LogP contribution in [0, 0.1) is 13.8 Å². The molecule has 0 spiro atoms. The lowest BCUT2D eigenvalue weighted by Gasteiger charge is -2.20. The number of benzene rings is 1. The molecule has 0 fully saturated rings. The van der Waals surface area contributed by atoms with E-state index in [9.17, 15) is 9.59 Å². The average Bonchev–Trinajstić information content (AvgIpc) is 2.95. The van der Waals surface area contributed by atoms with E-state index in [1.54, 1.807) is 29.0 Å². The van der Waals surface area contributed by atoms with Gasteiger partial charge in [0.1, 0.15) is 19.8 Å². The first-order valence-corrected chi connectivity index (χ1v) is 9.55. The Morgan fingerprint density at radius 1 is 1.24 bits per heavy atom. The fraction of sp³-hybridized carbons (Fsp3) is 0.381. The number of anilines is 1. The lowest BCUT2D eigenvalue weighted by Crippen LogP contribution is -2.36. The summed E-state index contributed by atoms with van der Waals surface area (Å²) in [6.07, 6.45) is 3.24. The largest absolute Gasteiger partial charge is 0.486 e. The van der Waals surface area contributed by atoms with Crippen molar-refractivity contribution in [2.24, 2.45) is 7.05 Å². The molecule has 1 aromatic carbocycles. The molecule has 3 rings (SSSR count). The van der Waals surface area contributed by atoms with Crippen LogP contribution < -0.4 is 14.8 Å². The number of amides is 2. The van der Waals surface area contributed by atoms with Crippen LogP contribution in [0.15, 0.2) is 24.3 Å². The minimum Gasteiger partial charge on any atom is -0.486 e. The molecule has 0 aliphatic carbocycles. The number of aromatic nitrogens is 2. The molecule has 1 aromatic heterocycles. The molecule has 1 aliphatic rings. The first-order chi connectivity index (χ1) is 13.9. The number of ether oxygens (including phenoxy) is 2. The van der Waals surface area contributed by atoms with Crippen LogP contribution in [-0.4, -0.2) is 52.8 Å². The van der Waals surface area contributed by atoms with Crippen molar-refractivity contribution in [3.63, 3.8) is 0 Å². The second kappa shape index (κ2) is 8.81. The third kappa shape index (κ3) is 4.77. The fourth-order valence-electron chi connectivity index (χ4n) is 3.13. The maximum absolute atomic E-state index is 12.6. The lowest BCUT2D eigenvalue weighted by molar-refractivity contribution is -0.130. The molecule has 1 aliphatic heterocycles. The van der Waals surface area contributed by atoms with Gasteiger partial charge >= 0.3 is 0 Å². The van der Waals surface area contributed by atoms with Gasteiger partial charge in [-0.25, -0.2) is 0 Å². The van der Waals surface area contributed by atoms with Crippen molar-refractivity contribution in [2.75, 3.05) is 31.6 Å². The van der Waals surface area contributed by atoms with Crippen molar-refractivity contribution in [3.05, 3.63) is 41.2 Å². The molecular weight excluding hydrogens is 372 g/mol. The Labute approximate surface area is 170 Å². The topological polar surface area (TPSA) is 85.7 Å². The second-order valence-corrected chi connectivity index (χ2v) is 6.80. The Hall–Kier alpha value is -3.29. The maximum atomic E-state index is 12.6. The molecule has 154 valence electrons. The van der Waals surface area contributed by atoms with E-state index in [-0.39, 0.29) is 18.4 Å². The number of nitrogens with zero attached hydrogens (tertiary/aromatic N) is 3. The van der Waals surface area contributed by atoms with Gasteiger partial charge in [-0.05, 0) is 39.0 Å². The molecule has 0 atom stereocenters. The first-order valence-electron chi connectivity index (χ1n) is 9.55. The zero-order valence-electron chi connectivity index (χ0n) is 17.2. The molecule has 0 bridgehead atoms. The standard InChI is InChI=1S/C21H26N4O4/c1-5-25(21(27)9-7-17-14(2)23-24(4)15(17)3)13-20(26)22-16-6-8-18-19(12-16)29-11-10-28-18/h6-9,12H,5,10-11,13H2,1-4H3,(H,22,26)/b9-7+. The summed E-state index contributed by atoms with van der Waals surface area (Å²) in [5, 5.41) is 7.14. The van der Waals surface area contributed by atoms with Crippen LogP contribution in [0.4, 0.5) is 5.69 Å². The predicted molar refractivity (Wildman–Crippen MR) is 110 cm³/mol. The first kappa shape index (κ1) is 20.4. The molecule has 0 saturated heterocycles. The van der Waals surface area contributed by atoms with Crippen LogP contribution >= 0.6 is 0 Å². The monoisotopic (exact) mass is 398 g/mol. The summed E-state index contributed by atoms with van der Waals surface area (Å²) in [7, 11) is 1.86. The third-order valence-corrected chi connectivity index (χ3v) is 4.81. The van der Waals surface area contributed by atoms with Crippen LogP contribution in [-0.2, 0) is 16.6 Å². The smallest absolute Gasteiger partial charge is 0.247 e. The van der Waals surface area contributed by atoms with E-state index < -0.39 is 0 Å². The van der Waals surface area contributed by atoms with Gasteiger partial charge in [0.2, 0.25) is 11.8 Å². The lowest BCUT2D eigenvalue weighted by atomic mass is 10.2. The number of rotatable bonds is 6. The van der Waals surface area contributed by atoms with Crippen LogP contribution in [0.25, 0.3) is 6.08 Å². The molecule has 0 unspecified atom stereocenters. The van der Waals surface area contributed by atoms with Crippen molar-refractivity contribution in [1.82, 2.24) is 14.7 Å². The Bertz CT molecular complexity index is 948.